The molecule has 2 aliphatic rings. The number of likely N-dealkylation sites (tertiary alicyclic amines) is 1. The Morgan fingerprint density at radius 3 is 2.50 bits per heavy atom. The van der Waals surface area contributed by atoms with Gasteiger partial charge >= 0.3 is 0 Å². The van der Waals surface area contributed by atoms with Crippen LogP contribution < -0.4 is 5.32 Å². The molecule has 1 saturated carbocycles. The van der Waals surface area contributed by atoms with E-state index in [1.807, 2.05) is 0 Å². The summed E-state index contributed by atoms with van der Waals surface area (Å²) in [4.78, 5) is 14.1. The summed E-state index contributed by atoms with van der Waals surface area (Å²) in [6, 6.07) is 0. The Morgan fingerprint density at radius 2 is 1.89 bits per heavy atom. The van der Waals surface area contributed by atoms with E-state index in [4.69, 9.17) is 0 Å². The zero-order valence-corrected chi connectivity index (χ0v) is 11.8. The monoisotopic (exact) mass is 252 g/mol. The summed E-state index contributed by atoms with van der Waals surface area (Å²) >= 11 is 0. The molecule has 1 aliphatic carbocycles. The van der Waals surface area contributed by atoms with Crippen molar-refractivity contribution in [2.75, 3.05) is 26.2 Å². The molecule has 2 fully saturated rings. The van der Waals surface area contributed by atoms with Crippen molar-refractivity contribution in [1.29, 1.82) is 0 Å². The third-order valence-corrected chi connectivity index (χ3v) is 4.47. The van der Waals surface area contributed by atoms with Crippen LogP contribution in [0.15, 0.2) is 0 Å². The lowest BCUT2D eigenvalue weighted by molar-refractivity contribution is -0.130. The number of hydrogen-bond acceptors (Lipinski definition) is 2. The summed E-state index contributed by atoms with van der Waals surface area (Å²) < 4.78 is 0. The predicted molar refractivity (Wildman–Crippen MR) is 74.4 cm³/mol. The number of nitrogens with zero attached hydrogens (tertiary/aromatic N) is 1. The first-order chi connectivity index (χ1) is 8.75. The quantitative estimate of drug-likeness (QED) is 0.833. The maximum Gasteiger partial charge on any atom is 0.236 e. The molecule has 1 heterocycles. The summed E-state index contributed by atoms with van der Waals surface area (Å²) in [5, 5.41) is 3.37. The van der Waals surface area contributed by atoms with Gasteiger partial charge in [0.05, 0.1) is 6.54 Å². The van der Waals surface area contributed by atoms with Crippen molar-refractivity contribution in [2.24, 2.45) is 11.8 Å². The molecule has 2 rings (SSSR count). The van der Waals surface area contributed by atoms with Gasteiger partial charge in [0, 0.05) is 13.1 Å². The van der Waals surface area contributed by atoms with Crippen molar-refractivity contribution in [2.45, 2.75) is 51.9 Å². The van der Waals surface area contributed by atoms with E-state index in [0.29, 0.717) is 12.5 Å². The van der Waals surface area contributed by atoms with Gasteiger partial charge in [-0.2, -0.15) is 0 Å². The van der Waals surface area contributed by atoms with Crippen molar-refractivity contribution >= 4 is 5.91 Å². The van der Waals surface area contributed by atoms with Crippen LogP contribution in [0.3, 0.4) is 0 Å². The fraction of sp³-hybridized carbons (Fsp3) is 0.933. The fourth-order valence-corrected chi connectivity index (χ4v) is 3.33. The Balaban J connectivity index is 1.61. The van der Waals surface area contributed by atoms with Gasteiger partial charge in [0.1, 0.15) is 0 Å². The minimum absolute atomic E-state index is 0.308. The normalized spacial score (nSPS) is 29.3. The van der Waals surface area contributed by atoms with E-state index in [9.17, 15) is 4.79 Å². The third kappa shape index (κ3) is 4.27. The molecular formula is C15H28N2O. The number of amides is 1. The largest absolute Gasteiger partial charge is 0.342 e. The average Bonchev–Trinajstić information content (AvgIpc) is 2.63. The van der Waals surface area contributed by atoms with Gasteiger partial charge in [0.25, 0.3) is 0 Å². The van der Waals surface area contributed by atoms with E-state index < -0.39 is 0 Å². The van der Waals surface area contributed by atoms with Gasteiger partial charge in [-0.3, -0.25) is 4.79 Å². The summed E-state index contributed by atoms with van der Waals surface area (Å²) in [5.41, 5.74) is 0. The fourth-order valence-electron chi connectivity index (χ4n) is 3.33. The molecule has 1 saturated heterocycles. The van der Waals surface area contributed by atoms with Crippen LogP contribution in [0.4, 0.5) is 0 Å². The maximum absolute atomic E-state index is 12.1. The number of carbonyl (C=O) groups is 1. The maximum atomic E-state index is 12.1. The lowest BCUT2D eigenvalue weighted by Crippen LogP contribution is -2.39. The van der Waals surface area contributed by atoms with Crippen LogP contribution in [0.25, 0.3) is 0 Å². The standard InChI is InChI=1S/C15H28N2O/c1-13-6-7-14(10-13)11-16-12-15(18)17-8-4-2-3-5-9-17/h13-14,16H,2-12H2,1H3. The van der Waals surface area contributed by atoms with E-state index in [1.165, 1.54) is 44.9 Å². The second-order valence-corrected chi connectivity index (χ2v) is 6.21. The molecule has 2 atom stereocenters. The molecule has 0 bridgehead atoms. The molecule has 0 radical (unpaired) electrons. The van der Waals surface area contributed by atoms with Crippen molar-refractivity contribution in [3.05, 3.63) is 0 Å². The van der Waals surface area contributed by atoms with Crippen molar-refractivity contribution < 1.29 is 4.79 Å². The van der Waals surface area contributed by atoms with Crippen LogP contribution in [0, 0.1) is 11.8 Å². The predicted octanol–water partition coefficient (Wildman–Crippen LogP) is 2.41. The molecule has 3 nitrogen and oxygen atoms in total. The minimum Gasteiger partial charge on any atom is -0.342 e. The lowest BCUT2D eigenvalue weighted by Gasteiger charge is -2.21. The van der Waals surface area contributed by atoms with E-state index in [2.05, 4.69) is 17.1 Å². The topological polar surface area (TPSA) is 32.3 Å². The van der Waals surface area contributed by atoms with Gasteiger partial charge in [-0.25, -0.2) is 0 Å². The smallest absolute Gasteiger partial charge is 0.236 e. The van der Waals surface area contributed by atoms with E-state index in [1.54, 1.807) is 0 Å². The van der Waals surface area contributed by atoms with Crippen LogP contribution in [-0.4, -0.2) is 37.0 Å². The van der Waals surface area contributed by atoms with Crippen LogP contribution in [0.5, 0.6) is 0 Å². The van der Waals surface area contributed by atoms with Gasteiger partial charge in [0.15, 0.2) is 0 Å². The molecule has 3 heteroatoms. The highest BCUT2D eigenvalue weighted by Crippen LogP contribution is 2.29. The molecule has 1 aliphatic heterocycles. The Morgan fingerprint density at radius 1 is 1.17 bits per heavy atom. The average molecular weight is 252 g/mol. The molecule has 1 amide bonds. The second-order valence-electron chi connectivity index (χ2n) is 6.21. The second kappa shape index (κ2) is 7.13. The molecule has 0 aromatic carbocycles. The minimum atomic E-state index is 0.308. The first kappa shape index (κ1) is 13.9. The number of nitrogens with one attached hydrogen (secondary N) is 1. The molecule has 0 aromatic heterocycles. The van der Waals surface area contributed by atoms with Crippen molar-refractivity contribution in [3.8, 4) is 0 Å². The summed E-state index contributed by atoms with van der Waals surface area (Å²) in [6.45, 7) is 5.86. The van der Waals surface area contributed by atoms with Gasteiger partial charge in [0.2, 0.25) is 5.91 Å². The molecule has 2 unspecified atom stereocenters. The Kier molecular flexibility index (Phi) is 5.48. The number of hydrogen-bond donors (Lipinski definition) is 1. The molecule has 0 spiro atoms. The van der Waals surface area contributed by atoms with Gasteiger partial charge in [-0.15, -0.1) is 0 Å². The van der Waals surface area contributed by atoms with Crippen LogP contribution >= 0.6 is 0 Å². The Hall–Kier alpha value is -0.570. The SMILES string of the molecule is CC1CCC(CNCC(=O)N2CCCCCC2)C1. The Bertz CT molecular complexity index is 259. The van der Waals surface area contributed by atoms with Gasteiger partial charge < -0.3 is 10.2 Å². The summed E-state index contributed by atoms with van der Waals surface area (Å²) in [6.07, 6.45) is 9.00. The summed E-state index contributed by atoms with van der Waals surface area (Å²) in [5.74, 6) is 2.00. The van der Waals surface area contributed by atoms with Crippen molar-refractivity contribution in [3.63, 3.8) is 0 Å². The molecule has 18 heavy (non-hydrogen) atoms. The van der Waals surface area contributed by atoms with Gasteiger partial charge in [-0.05, 0) is 44.1 Å². The highest BCUT2D eigenvalue weighted by molar-refractivity contribution is 5.78. The molecule has 104 valence electrons. The van der Waals surface area contributed by atoms with Crippen LogP contribution in [-0.2, 0) is 4.79 Å². The highest BCUT2D eigenvalue weighted by atomic mass is 16.2. The molecular weight excluding hydrogens is 224 g/mol. The van der Waals surface area contributed by atoms with E-state index >= 15 is 0 Å². The van der Waals surface area contributed by atoms with Crippen molar-refractivity contribution in [1.82, 2.24) is 10.2 Å². The number of rotatable bonds is 4. The zero-order valence-electron chi connectivity index (χ0n) is 11.8. The Labute approximate surface area is 111 Å². The van der Waals surface area contributed by atoms with Crippen LogP contribution in [0.1, 0.15) is 51.9 Å². The molecule has 1 N–H and O–H groups in total. The third-order valence-electron chi connectivity index (χ3n) is 4.47. The first-order valence-corrected chi connectivity index (χ1v) is 7.74. The van der Waals surface area contributed by atoms with Gasteiger partial charge in [-0.1, -0.05) is 26.2 Å². The zero-order chi connectivity index (χ0) is 12.8. The lowest BCUT2D eigenvalue weighted by atomic mass is 10.1. The molecule has 0 aromatic rings. The highest BCUT2D eigenvalue weighted by Gasteiger charge is 2.21. The number of carbonyl (C=O) groups excluding carboxylic acids is 1. The van der Waals surface area contributed by atoms with Crippen LogP contribution in [0.2, 0.25) is 0 Å². The first-order valence-electron chi connectivity index (χ1n) is 7.74. The summed E-state index contributed by atoms with van der Waals surface area (Å²) in [7, 11) is 0. The van der Waals surface area contributed by atoms with E-state index in [0.717, 1.165) is 31.5 Å². The van der Waals surface area contributed by atoms with E-state index in [-0.39, 0.29) is 0 Å².